The molecule has 2 aromatic rings. The van der Waals surface area contributed by atoms with Gasteiger partial charge in [-0.2, -0.15) is 5.10 Å². The summed E-state index contributed by atoms with van der Waals surface area (Å²) in [7, 11) is 0. The normalized spacial score (nSPS) is 16.2. The zero-order chi connectivity index (χ0) is 16.9. The first-order chi connectivity index (χ1) is 11.6. The van der Waals surface area contributed by atoms with Crippen LogP contribution in [0.25, 0.3) is 0 Å². The molecule has 1 N–H and O–H groups in total. The van der Waals surface area contributed by atoms with Gasteiger partial charge in [-0.15, -0.1) is 0 Å². The average Bonchev–Trinajstić information content (AvgIpc) is 3.07. The van der Waals surface area contributed by atoms with E-state index in [0.717, 1.165) is 11.3 Å². The van der Waals surface area contributed by atoms with E-state index in [1.807, 2.05) is 6.92 Å². The topological polar surface area (TPSA) is 54.6 Å². The Balaban J connectivity index is 1.63. The lowest BCUT2D eigenvalue weighted by atomic mass is 9.84. The molecule has 1 fully saturated rings. The molecule has 0 spiro atoms. The van der Waals surface area contributed by atoms with Gasteiger partial charge in [0.25, 0.3) is 0 Å². The van der Waals surface area contributed by atoms with E-state index in [4.69, 9.17) is 4.42 Å². The predicted molar refractivity (Wildman–Crippen MR) is 95.4 cm³/mol. The minimum absolute atomic E-state index is 0.275. The van der Waals surface area contributed by atoms with E-state index in [1.165, 1.54) is 37.7 Å². The van der Waals surface area contributed by atoms with Crippen LogP contribution in [-0.2, 0) is 0 Å². The number of amides is 1. The predicted octanol–water partition coefficient (Wildman–Crippen LogP) is 4.79. The van der Waals surface area contributed by atoms with Crippen molar-refractivity contribution >= 4 is 11.6 Å². The van der Waals surface area contributed by atoms with Crippen LogP contribution in [-0.4, -0.2) is 11.6 Å². The molecule has 126 valence electrons. The molecule has 4 heteroatoms. The SMILES string of the molecule is C/C(=N\NC(=O)c1ccc(C)o1)c1ccc(C2CCCCC2)cc1. The Hall–Kier alpha value is -2.36. The van der Waals surface area contributed by atoms with Crippen LogP contribution >= 0.6 is 0 Å². The number of hydrogen-bond acceptors (Lipinski definition) is 3. The summed E-state index contributed by atoms with van der Waals surface area (Å²) in [6.45, 7) is 3.70. The molecule has 0 radical (unpaired) electrons. The van der Waals surface area contributed by atoms with Crippen LogP contribution in [0.4, 0.5) is 0 Å². The third kappa shape index (κ3) is 3.94. The molecule has 1 aromatic heterocycles. The number of hydrazone groups is 1. The summed E-state index contributed by atoms with van der Waals surface area (Å²) in [6, 6.07) is 12.0. The minimum Gasteiger partial charge on any atom is -0.456 e. The smallest absolute Gasteiger partial charge is 0.307 e. The van der Waals surface area contributed by atoms with Crippen LogP contribution in [0.5, 0.6) is 0 Å². The van der Waals surface area contributed by atoms with Crippen molar-refractivity contribution < 1.29 is 9.21 Å². The molecule has 3 rings (SSSR count). The maximum Gasteiger partial charge on any atom is 0.307 e. The number of hydrogen-bond donors (Lipinski definition) is 1. The number of nitrogens with one attached hydrogen (secondary N) is 1. The quantitative estimate of drug-likeness (QED) is 0.649. The van der Waals surface area contributed by atoms with Crippen LogP contribution in [0.1, 0.15) is 72.4 Å². The first-order valence-electron chi connectivity index (χ1n) is 8.65. The molecule has 1 saturated carbocycles. The fourth-order valence-corrected chi connectivity index (χ4v) is 3.24. The molecule has 0 saturated heterocycles. The van der Waals surface area contributed by atoms with E-state index in [1.54, 1.807) is 19.1 Å². The van der Waals surface area contributed by atoms with Crippen LogP contribution in [0.15, 0.2) is 45.9 Å². The maximum atomic E-state index is 11.9. The van der Waals surface area contributed by atoms with Crippen molar-refractivity contribution in [2.24, 2.45) is 5.10 Å². The maximum absolute atomic E-state index is 11.9. The summed E-state index contributed by atoms with van der Waals surface area (Å²) in [6.07, 6.45) is 6.64. The van der Waals surface area contributed by atoms with Crippen molar-refractivity contribution in [2.75, 3.05) is 0 Å². The molecule has 0 bridgehead atoms. The monoisotopic (exact) mass is 324 g/mol. The van der Waals surface area contributed by atoms with Crippen molar-refractivity contribution in [3.8, 4) is 0 Å². The first-order valence-corrected chi connectivity index (χ1v) is 8.65. The standard InChI is InChI=1S/C20H24N2O2/c1-14-8-13-19(24-14)20(23)22-21-15(2)16-9-11-18(12-10-16)17-6-4-3-5-7-17/h8-13,17H,3-7H2,1-2H3,(H,22,23)/b21-15+. The van der Waals surface area contributed by atoms with Crippen molar-refractivity contribution in [2.45, 2.75) is 51.9 Å². The average molecular weight is 324 g/mol. The molecule has 0 aliphatic heterocycles. The summed E-state index contributed by atoms with van der Waals surface area (Å²) in [4.78, 5) is 11.9. The second-order valence-corrected chi connectivity index (χ2v) is 6.51. The summed E-state index contributed by atoms with van der Waals surface area (Å²) >= 11 is 0. The first kappa shape index (κ1) is 16.5. The summed E-state index contributed by atoms with van der Waals surface area (Å²) in [5.74, 6) is 1.35. The second-order valence-electron chi connectivity index (χ2n) is 6.51. The van der Waals surface area contributed by atoms with E-state index in [0.29, 0.717) is 11.7 Å². The third-order valence-electron chi connectivity index (χ3n) is 4.69. The molecular formula is C20H24N2O2. The van der Waals surface area contributed by atoms with Crippen LogP contribution in [0, 0.1) is 6.92 Å². The van der Waals surface area contributed by atoms with Gasteiger partial charge in [-0.1, -0.05) is 43.5 Å². The van der Waals surface area contributed by atoms with Gasteiger partial charge in [0.2, 0.25) is 0 Å². The van der Waals surface area contributed by atoms with Crippen LogP contribution < -0.4 is 5.43 Å². The Kier molecular flexibility index (Phi) is 5.14. The summed E-state index contributed by atoms with van der Waals surface area (Å²) < 4.78 is 5.28. The number of carbonyl (C=O) groups excluding carboxylic acids is 1. The van der Waals surface area contributed by atoms with Gasteiger partial charge in [0.1, 0.15) is 5.76 Å². The highest BCUT2D eigenvalue weighted by molar-refractivity contribution is 6.00. The van der Waals surface area contributed by atoms with E-state index in [-0.39, 0.29) is 11.7 Å². The Morgan fingerprint density at radius 2 is 1.79 bits per heavy atom. The Morgan fingerprint density at radius 3 is 2.42 bits per heavy atom. The molecule has 1 aliphatic rings. The van der Waals surface area contributed by atoms with Crippen molar-refractivity contribution in [3.63, 3.8) is 0 Å². The van der Waals surface area contributed by atoms with Gasteiger partial charge in [-0.3, -0.25) is 4.79 Å². The number of aryl methyl sites for hydroxylation is 1. The molecule has 4 nitrogen and oxygen atoms in total. The van der Waals surface area contributed by atoms with Crippen molar-refractivity contribution in [3.05, 3.63) is 59.0 Å². The molecule has 1 amide bonds. The largest absolute Gasteiger partial charge is 0.456 e. The van der Waals surface area contributed by atoms with E-state index in [2.05, 4.69) is 34.8 Å². The Labute approximate surface area is 143 Å². The highest BCUT2D eigenvalue weighted by Crippen LogP contribution is 2.32. The molecular weight excluding hydrogens is 300 g/mol. The Morgan fingerprint density at radius 1 is 1.08 bits per heavy atom. The summed E-state index contributed by atoms with van der Waals surface area (Å²) in [5.41, 5.74) is 5.76. The number of carbonyl (C=O) groups is 1. The lowest BCUT2D eigenvalue weighted by Gasteiger charge is -2.22. The van der Waals surface area contributed by atoms with Gasteiger partial charge in [-0.05, 0) is 55.9 Å². The zero-order valence-corrected chi connectivity index (χ0v) is 14.3. The highest BCUT2D eigenvalue weighted by atomic mass is 16.3. The van der Waals surface area contributed by atoms with E-state index < -0.39 is 0 Å². The second kappa shape index (κ2) is 7.47. The molecule has 1 heterocycles. The molecule has 1 aliphatic carbocycles. The third-order valence-corrected chi connectivity index (χ3v) is 4.69. The molecule has 24 heavy (non-hydrogen) atoms. The van der Waals surface area contributed by atoms with Gasteiger partial charge in [0, 0.05) is 0 Å². The minimum atomic E-state index is -0.332. The van der Waals surface area contributed by atoms with Crippen LogP contribution in [0.2, 0.25) is 0 Å². The zero-order valence-electron chi connectivity index (χ0n) is 14.3. The van der Waals surface area contributed by atoms with Crippen molar-refractivity contribution in [1.29, 1.82) is 0 Å². The fraction of sp³-hybridized carbons (Fsp3) is 0.400. The van der Waals surface area contributed by atoms with Crippen molar-refractivity contribution in [1.82, 2.24) is 5.43 Å². The molecule has 0 atom stereocenters. The number of furan rings is 1. The lowest BCUT2D eigenvalue weighted by Crippen LogP contribution is -2.18. The fourth-order valence-electron chi connectivity index (χ4n) is 3.24. The van der Waals surface area contributed by atoms with E-state index >= 15 is 0 Å². The number of nitrogens with zero attached hydrogens (tertiary/aromatic N) is 1. The van der Waals surface area contributed by atoms with Gasteiger partial charge < -0.3 is 4.42 Å². The molecule has 1 aromatic carbocycles. The van der Waals surface area contributed by atoms with Gasteiger partial charge >= 0.3 is 5.91 Å². The van der Waals surface area contributed by atoms with Gasteiger partial charge in [0.15, 0.2) is 5.76 Å². The number of rotatable bonds is 4. The summed E-state index contributed by atoms with van der Waals surface area (Å²) in [5, 5.41) is 4.18. The van der Waals surface area contributed by atoms with Gasteiger partial charge in [-0.25, -0.2) is 5.43 Å². The lowest BCUT2D eigenvalue weighted by molar-refractivity contribution is 0.0926. The van der Waals surface area contributed by atoms with E-state index in [9.17, 15) is 4.79 Å². The van der Waals surface area contributed by atoms with Crippen LogP contribution in [0.3, 0.4) is 0 Å². The number of benzene rings is 1. The highest BCUT2D eigenvalue weighted by Gasteiger charge is 2.15. The Bertz CT molecular complexity index is 722. The molecule has 0 unspecified atom stereocenters. The van der Waals surface area contributed by atoms with Gasteiger partial charge in [0.05, 0.1) is 5.71 Å².